The molecular formula is C23H31N3O2. The van der Waals surface area contributed by atoms with Crippen molar-refractivity contribution < 1.29 is 4.74 Å². The monoisotopic (exact) mass is 381 g/mol. The van der Waals surface area contributed by atoms with Crippen LogP contribution in [-0.2, 0) is 24.8 Å². The van der Waals surface area contributed by atoms with Crippen molar-refractivity contribution in [3.05, 3.63) is 57.5 Å². The summed E-state index contributed by atoms with van der Waals surface area (Å²) in [7, 11) is 0. The lowest BCUT2D eigenvalue weighted by molar-refractivity contribution is 0.226. The zero-order chi connectivity index (χ0) is 19.7. The van der Waals surface area contributed by atoms with Crippen LogP contribution < -0.4 is 10.3 Å². The highest BCUT2D eigenvalue weighted by atomic mass is 16.5. The molecule has 1 unspecified atom stereocenters. The Morgan fingerprint density at radius 1 is 1.21 bits per heavy atom. The van der Waals surface area contributed by atoms with Gasteiger partial charge in [-0.05, 0) is 49.1 Å². The van der Waals surface area contributed by atoms with Gasteiger partial charge in [-0.25, -0.2) is 4.68 Å². The Morgan fingerprint density at radius 2 is 2.07 bits per heavy atom. The third kappa shape index (κ3) is 4.14. The van der Waals surface area contributed by atoms with Crippen molar-refractivity contribution in [2.24, 2.45) is 0 Å². The van der Waals surface area contributed by atoms with Crippen LogP contribution in [0.5, 0.6) is 5.75 Å². The molecule has 5 nitrogen and oxygen atoms in total. The number of hydrogen-bond donors (Lipinski definition) is 0. The van der Waals surface area contributed by atoms with Gasteiger partial charge in [-0.2, -0.15) is 5.10 Å². The summed E-state index contributed by atoms with van der Waals surface area (Å²) in [5, 5.41) is 4.66. The van der Waals surface area contributed by atoms with Crippen molar-refractivity contribution in [2.45, 2.75) is 64.5 Å². The molecule has 0 radical (unpaired) electrons. The lowest BCUT2D eigenvalue weighted by Gasteiger charge is -2.25. The molecule has 1 atom stereocenters. The standard InChI is InChI=1S/C23H31N3O2/c1-23(2,3)21-8-9-22(27)26(24-21)16-19-5-4-12-25(19)13-10-17-6-7-20-18(15-17)11-14-28-20/h6-9,15,19H,4-5,10-14,16H2,1-3H3. The first-order valence-corrected chi connectivity index (χ1v) is 10.5. The van der Waals surface area contributed by atoms with Crippen LogP contribution in [0.3, 0.4) is 0 Å². The summed E-state index contributed by atoms with van der Waals surface area (Å²) >= 11 is 0. The van der Waals surface area contributed by atoms with E-state index in [-0.39, 0.29) is 11.0 Å². The molecule has 0 aliphatic carbocycles. The lowest BCUT2D eigenvalue weighted by Crippen LogP contribution is -2.38. The van der Waals surface area contributed by atoms with Gasteiger partial charge in [0, 0.05) is 30.5 Å². The van der Waals surface area contributed by atoms with Gasteiger partial charge in [-0.1, -0.05) is 32.9 Å². The van der Waals surface area contributed by atoms with Crippen LogP contribution >= 0.6 is 0 Å². The van der Waals surface area contributed by atoms with E-state index in [1.54, 1.807) is 10.7 Å². The van der Waals surface area contributed by atoms with Gasteiger partial charge in [0.1, 0.15) is 5.75 Å². The summed E-state index contributed by atoms with van der Waals surface area (Å²) < 4.78 is 7.29. The molecule has 1 aromatic heterocycles. The number of benzene rings is 1. The van der Waals surface area contributed by atoms with Crippen molar-refractivity contribution in [1.29, 1.82) is 0 Å². The van der Waals surface area contributed by atoms with E-state index in [1.165, 1.54) is 17.5 Å². The van der Waals surface area contributed by atoms with Gasteiger partial charge in [0.25, 0.3) is 5.56 Å². The van der Waals surface area contributed by atoms with Crippen LogP contribution in [0.4, 0.5) is 0 Å². The smallest absolute Gasteiger partial charge is 0.266 e. The van der Waals surface area contributed by atoms with Crippen LogP contribution in [0.1, 0.15) is 50.4 Å². The molecule has 28 heavy (non-hydrogen) atoms. The molecule has 0 bridgehead atoms. The van der Waals surface area contributed by atoms with Crippen molar-refractivity contribution in [2.75, 3.05) is 19.7 Å². The van der Waals surface area contributed by atoms with Gasteiger partial charge in [-0.3, -0.25) is 9.69 Å². The highest BCUT2D eigenvalue weighted by Crippen LogP contribution is 2.27. The fourth-order valence-corrected chi connectivity index (χ4v) is 4.24. The lowest BCUT2D eigenvalue weighted by atomic mass is 9.92. The van der Waals surface area contributed by atoms with E-state index in [9.17, 15) is 4.79 Å². The van der Waals surface area contributed by atoms with Crippen LogP contribution in [0, 0.1) is 0 Å². The van der Waals surface area contributed by atoms with Crippen LogP contribution in [0.15, 0.2) is 35.1 Å². The second-order valence-corrected chi connectivity index (χ2v) is 9.11. The van der Waals surface area contributed by atoms with Crippen molar-refractivity contribution >= 4 is 0 Å². The van der Waals surface area contributed by atoms with Gasteiger partial charge in [0.15, 0.2) is 0 Å². The summed E-state index contributed by atoms with van der Waals surface area (Å²) in [5.41, 5.74) is 3.63. The third-order valence-corrected chi connectivity index (χ3v) is 5.96. The number of likely N-dealkylation sites (tertiary alicyclic amines) is 1. The highest BCUT2D eigenvalue weighted by Gasteiger charge is 2.26. The molecule has 1 aromatic carbocycles. The molecule has 2 aliphatic rings. The third-order valence-electron chi connectivity index (χ3n) is 5.96. The summed E-state index contributed by atoms with van der Waals surface area (Å²) in [4.78, 5) is 14.9. The summed E-state index contributed by atoms with van der Waals surface area (Å²) in [6.45, 7) is 10.0. The predicted octanol–water partition coefficient (Wildman–Crippen LogP) is 3.18. The number of fused-ring (bicyclic) bond motifs is 1. The average molecular weight is 382 g/mol. The summed E-state index contributed by atoms with van der Waals surface area (Å²) in [6.07, 6.45) is 4.38. The van der Waals surface area contributed by atoms with E-state index in [2.05, 4.69) is 49.0 Å². The van der Waals surface area contributed by atoms with E-state index in [0.29, 0.717) is 12.6 Å². The maximum Gasteiger partial charge on any atom is 0.266 e. The van der Waals surface area contributed by atoms with Crippen molar-refractivity contribution in [3.8, 4) is 5.75 Å². The molecule has 0 saturated carbocycles. The second-order valence-electron chi connectivity index (χ2n) is 9.11. The second kappa shape index (κ2) is 7.70. The normalized spacial score (nSPS) is 19.6. The zero-order valence-electron chi connectivity index (χ0n) is 17.3. The van der Waals surface area contributed by atoms with Crippen molar-refractivity contribution in [1.82, 2.24) is 14.7 Å². The first-order valence-electron chi connectivity index (χ1n) is 10.5. The fraction of sp³-hybridized carbons (Fsp3) is 0.565. The molecule has 0 N–H and O–H groups in total. The molecule has 2 aromatic rings. The molecule has 1 fully saturated rings. The Morgan fingerprint density at radius 3 is 2.89 bits per heavy atom. The molecule has 5 heteroatoms. The van der Waals surface area contributed by atoms with E-state index in [1.807, 2.05) is 6.07 Å². The van der Waals surface area contributed by atoms with Gasteiger partial charge in [-0.15, -0.1) is 0 Å². The van der Waals surface area contributed by atoms with Crippen LogP contribution in [0.25, 0.3) is 0 Å². The SMILES string of the molecule is CC(C)(C)c1ccc(=O)n(CC2CCCN2CCc2ccc3c(c2)CCO3)n1. The fourth-order valence-electron chi connectivity index (χ4n) is 4.24. The van der Waals surface area contributed by atoms with E-state index >= 15 is 0 Å². The zero-order valence-corrected chi connectivity index (χ0v) is 17.3. The maximum absolute atomic E-state index is 12.4. The number of nitrogens with zero attached hydrogens (tertiary/aromatic N) is 3. The van der Waals surface area contributed by atoms with E-state index in [4.69, 9.17) is 4.74 Å². The Bertz CT molecular complexity index is 897. The topological polar surface area (TPSA) is 47.4 Å². The molecule has 3 heterocycles. The summed E-state index contributed by atoms with van der Waals surface area (Å²) in [5.74, 6) is 1.05. The molecule has 0 spiro atoms. The Labute approximate surface area is 167 Å². The van der Waals surface area contributed by atoms with E-state index < -0.39 is 0 Å². The highest BCUT2D eigenvalue weighted by molar-refractivity contribution is 5.39. The predicted molar refractivity (Wildman–Crippen MR) is 111 cm³/mol. The van der Waals surface area contributed by atoms with Crippen LogP contribution in [-0.4, -0.2) is 40.4 Å². The molecular weight excluding hydrogens is 350 g/mol. The number of hydrogen-bond acceptors (Lipinski definition) is 4. The first kappa shape index (κ1) is 19.2. The minimum absolute atomic E-state index is 0.00141. The maximum atomic E-state index is 12.4. The van der Waals surface area contributed by atoms with Crippen LogP contribution in [0.2, 0.25) is 0 Å². The molecule has 2 aliphatic heterocycles. The van der Waals surface area contributed by atoms with Gasteiger partial charge < -0.3 is 4.74 Å². The number of aromatic nitrogens is 2. The first-order chi connectivity index (χ1) is 13.4. The Kier molecular flexibility index (Phi) is 5.28. The Hall–Kier alpha value is -2.14. The molecule has 0 amide bonds. The molecule has 150 valence electrons. The summed E-state index contributed by atoms with van der Waals surface area (Å²) in [6, 6.07) is 10.5. The Balaban J connectivity index is 1.42. The van der Waals surface area contributed by atoms with Gasteiger partial charge in [0.2, 0.25) is 0 Å². The van der Waals surface area contributed by atoms with E-state index in [0.717, 1.165) is 50.4 Å². The number of ether oxygens (including phenoxy) is 1. The van der Waals surface area contributed by atoms with Gasteiger partial charge >= 0.3 is 0 Å². The largest absolute Gasteiger partial charge is 0.493 e. The van der Waals surface area contributed by atoms with Crippen molar-refractivity contribution in [3.63, 3.8) is 0 Å². The quantitative estimate of drug-likeness (QED) is 0.798. The number of rotatable bonds is 5. The average Bonchev–Trinajstić information content (AvgIpc) is 3.29. The molecule has 1 saturated heterocycles. The minimum atomic E-state index is -0.0535. The minimum Gasteiger partial charge on any atom is -0.493 e. The molecule has 4 rings (SSSR count). The van der Waals surface area contributed by atoms with Gasteiger partial charge in [0.05, 0.1) is 18.8 Å².